The largest absolute Gasteiger partial charge is 0.493 e. The zero-order valence-electron chi connectivity index (χ0n) is 11.8. The van der Waals surface area contributed by atoms with Gasteiger partial charge in [-0.1, -0.05) is 24.3 Å². The average molecular weight is 297 g/mol. The smallest absolute Gasteiger partial charge is 0.335 e. The monoisotopic (exact) mass is 297 g/mol. The van der Waals surface area contributed by atoms with Crippen LogP contribution in [-0.4, -0.2) is 23.6 Å². The zero-order valence-corrected chi connectivity index (χ0v) is 11.8. The number of hydrogen-bond donors (Lipinski definition) is 2. The van der Waals surface area contributed by atoms with Crippen molar-refractivity contribution in [2.45, 2.75) is 12.5 Å². The lowest BCUT2D eigenvalue weighted by Gasteiger charge is -2.26. The average Bonchev–Trinajstić information content (AvgIpc) is 2.55. The molecule has 1 atom stereocenters. The normalized spacial score (nSPS) is 16.3. The van der Waals surface area contributed by atoms with Crippen molar-refractivity contribution in [3.8, 4) is 5.75 Å². The van der Waals surface area contributed by atoms with Crippen molar-refractivity contribution in [3.63, 3.8) is 0 Å². The molecule has 5 nitrogen and oxygen atoms in total. The minimum atomic E-state index is -1.05. The Bertz CT molecular complexity index is 726. The van der Waals surface area contributed by atoms with Crippen LogP contribution in [0.25, 0.3) is 0 Å². The molecular formula is C17H15NO4. The van der Waals surface area contributed by atoms with Gasteiger partial charge < -0.3 is 15.2 Å². The molecule has 112 valence electrons. The van der Waals surface area contributed by atoms with E-state index in [2.05, 4.69) is 5.32 Å². The quantitative estimate of drug-likeness (QED) is 0.913. The first-order valence-corrected chi connectivity index (χ1v) is 7.01. The van der Waals surface area contributed by atoms with E-state index in [1.54, 1.807) is 12.1 Å². The lowest BCUT2D eigenvalue weighted by atomic mass is 10.00. The van der Waals surface area contributed by atoms with Gasteiger partial charge in [0.2, 0.25) is 0 Å². The number of aromatic carboxylic acids is 1. The predicted molar refractivity (Wildman–Crippen MR) is 80.2 cm³/mol. The number of carbonyl (C=O) groups is 2. The summed E-state index contributed by atoms with van der Waals surface area (Å²) in [7, 11) is 0. The van der Waals surface area contributed by atoms with E-state index in [9.17, 15) is 9.59 Å². The molecular weight excluding hydrogens is 282 g/mol. The third kappa shape index (κ3) is 2.79. The topological polar surface area (TPSA) is 75.6 Å². The van der Waals surface area contributed by atoms with Crippen LogP contribution in [0.4, 0.5) is 0 Å². The lowest BCUT2D eigenvalue weighted by Crippen LogP contribution is -2.32. The number of carboxylic acid groups (broad SMARTS) is 1. The fraction of sp³-hybridized carbons (Fsp3) is 0.176. The van der Waals surface area contributed by atoms with Gasteiger partial charge in [-0.3, -0.25) is 4.79 Å². The summed E-state index contributed by atoms with van der Waals surface area (Å²) >= 11 is 0. The summed E-state index contributed by atoms with van der Waals surface area (Å²) in [4.78, 5) is 23.3. The first kappa shape index (κ1) is 14.1. The molecule has 1 heterocycles. The summed E-state index contributed by atoms with van der Waals surface area (Å²) in [6.07, 6.45) is 0.682. The minimum absolute atomic E-state index is 0.0972. The highest BCUT2D eigenvalue weighted by atomic mass is 16.5. The van der Waals surface area contributed by atoms with Crippen molar-refractivity contribution in [1.29, 1.82) is 0 Å². The molecule has 0 bridgehead atoms. The number of fused-ring (bicyclic) bond motifs is 1. The van der Waals surface area contributed by atoms with Crippen LogP contribution in [0.5, 0.6) is 5.75 Å². The summed E-state index contributed by atoms with van der Waals surface area (Å²) in [5.41, 5.74) is 1.38. The number of amides is 1. The van der Waals surface area contributed by atoms with Crippen molar-refractivity contribution in [1.82, 2.24) is 5.32 Å². The van der Waals surface area contributed by atoms with Crippen LogP contribution in [0.15, 0.2) is 48.5 Å². The first-order valence-electron chi connectivity index (χ1n) is 7.01. The predicted octanol–water partition coefficient (Wildman–Crippen LogP) is 2.64. The minimum Gasteiger partial charge on any atom is -0.493 e. The van der Waals surface area contributed by atoms with Gasteiger partial charge in [0.25, 0.3) is 5.91 Å². The van der Waals surface area contributed by atoms with Gasteiger partial charge in [-0.15, -0.1) is 0 Å². The third-order valence-electron chi connectivity index (χ3n) is 3.64. The Kier molecular flexibility index (Phi) is 3.78. The molecule has 3 rings (SSSR count). The maximum Gasteiger partial charge on any atom is 0.335 e. The Hall–Kier alpha value is -2.82. The van der Waals surface area contributed by atoms with E-state index in [1.807, 2.05) is 24.3 Å². The van der Waals surface area contributed by atoms with Crippen molar-refractivity contribution in [3.05, 3.63) is 65.2 Å². The second-order valence-corrected chi connectivity index (χ2v) is 5.09. The molecule has 2 aromatic rings. The summed E-state index contributed by atoms with van der Waals surface area (Å²) in [5, 5.41) is 11.9. The summed E-state index contributed by atoms with van der Waals surface area (Å²) in [6, 6.07) is 13.5. The number of hydrogen-bond acceptors (Lipinski definition) is 3. The number of rotatable bonds is 3. The molecule has 0 spiro atoms. The summed E-state index contributed by atoms with van der Waals surface area (Å²) in [5.74, 6) is -0.561. The highest BCUT2D eigenvalue weighted by Gasteiger charge is 2.23. The van der Waals surface area contributed by atoms with Gasteiger partial charge in [-0.05, 0) is 24.3 Å². The molecule has 0 saturated carbocycles. The Morgan fingerprint density at radius 2 is 1.86 bits per heavy atom. The van der Waals surface area contributed by atoms with Crippen molar-refractivity contribution in [2.24, 2.45) is 0 Å². The van der Waals surface area contributed by atoms with E-state index < -0.39 is 5.97 Å². The number of carboxylic acids is 1. The molecule has 5 heteroatoms. The molecule has 1 amide bonds. The van der Waals surface area contributed by atoms with Crippen LogP contribution in [-0.2, 0) is 0 Å². The SMILES string of the molecule is O=C(O)c1cccc(C(=O)N[C@@H]2CCOc3ccccc32)c1. The van der Waals surface area contributed by atoms with E-state index >= 15 is 0 Å². The molecule has 1 aliphatic heterocycles. The Morgan fingerprint density at radius 3 is 2.68 bits per heavy atom. The van der Waals surface area contributed by atoms with E-state index in [1.165, 1.54) is 12.1 Å². The van der Waals surface area contributed by atoms with Gasteiger partial charge in [-0.25, -0.2) is 4.79 Å². The molecule has 0 unspecified atom stereocenters. The molecule has 0 saturated heterocycles. The summed E-state index contributed by atoms with van der Waals surface area (Å²) in [6.45, 7) is 0.539. The van der Waals surface area contributed by atoms with E-state index in [0.717, 1.165) is 11.3 Å². The van der Waals surface area contributed by atoms with E-state index in [-0.39, 0.29) is 17.5 Å². The molecule has 0 radical (unpaired) electrons. The van der Waals surface area contributed by atoms with Gasteiger partial charge >= 0.3 is 5.97 Å². The van der Waals surface area contributed by atoms with Crippen LogP contribution in [0.2, 0.25) is 0 Å². The number of ether oxygens (including phenoxy) is 1. The molecule has 0 aromatic heterocycles. The third-order valence-corrected chi connectivity index (χ3v) is 3.64. The number of benzene rings is 2. The lowest BCUT2D eigenvalue weighted by molar-refractivity contribution is 0.0697. The van der Waals surface area contributed by atoms with Crippen molar-refractivity contribution in [2.75, 3.05) is 6.61 Å². The maximum absolute atomic E-state index is 12.4. The van der Waals surface area contributed by atoms with Gasteiger partial charge in [0.15, 0.2) is 0 Å². The van der Waals surface area contributed by atoms with Crippen molar-refractivity contribution < 1.29 is 19.4 Å². The van der Waals surface area contributed by atoms with E-state index in [0.29, 0.717) is 18.6 Å². The first-order chi connectivity index (χ1) is 10.6. The molecule has 1 aliphatic rings. The van der Waals surface area contributed by atoms with Crippen LogP contribution in [0, 0.1) is 0 Å². The fourth-order valence-electron chi connectivity index (χ4n) is 2.53. The van der Waals surface area contributed by atoms with Crippen LogP contribution in [0.1, 0.15) is 38.7 Å². The fourth-order valence-corrected chi connectivity index (χ4v) is 2.53. The number of para-hydroxylation sites is 1. The van der Waals surface area contributed by atoms with Gasteiger partial charge in [-0.2, -0.15) is 0 Å². The van der Waals surface area contributed by atoms with Gasteiger partial charge in [0.1, 0.15) is 5.75 Å². The maximum atomic E-state index is 12.4. The highest BCUT2D eigenvalue weighted by Crippen LogP contribution is 2.31. The van der Waals surface area contributed by atoms with Crippen molar-refractivity contribution >= 4 is 11.9 Å². The highest BCUT2D eigenvalue weighted by molar-refractivity contribution is 5.97. The molecule has 0 aliphatic carbocycles. The molecule has 22 heavy (non-hydrogen) atoms. The van der Waals surface area contributed by atoms with E-state index in [4.69, 9.17) is 9.84 Å². The number of carbonyl (C=O) groups excluding carboxylic acids is 1. The molecule has 2 N–H and O–H groups in total. The summed E-state index contributed by atoms with van der Waals surface area (Å²) < 4.78 is 5.56. The second-order valence-electron chi connectivity index (χ2n) is 5.09. The van der Waals surface area contributed by atoms with Gasteiger partial charge in [0, 0.05) is 17.5 Å². The van der Waals surface area contributed by atoms with Gasteiger partial charge in [0.05, 0.1) is 18.2 Å². The Labute approximate surface area is 127 Å². The molecule has 0 fully saturated rings. The molecule has 2 aromatic carbocycles. The number of nitrogens with one attached hydrogen (secondary N) is 1. The van der Waals surface area contributed by atoms with Crippen LogP contribution >= 0.6 is 0 Å². The Morgan fingerprint density at radius 1 is 1.09 bits per heavy atom. The zero-order chi connectivity index (χ0) is 15.5. The van der Waals surface area contributed by atoms with Crippen LogP contribution in [0.3, 0.4) is 0 Å². The standard InChI is InChI=1S/C17H15NO4/c19-16(11-4-3-5-12(10-11)17(20)21)18-14-8-9-22-15-7-2-1-6-13(14)15/h1-7,10,14H,8-9H2,(H,18,19)(H,20,21)/t14-/m1/s1. The Balaban J connectivity index is 1.81. The second kappa shape index (κ2) is 5.89. The van der Waals surface area contributed by atoms with Crippen LogP contribution < -0.4 is 10.1 Å².